The zero-order chi connectivity index (χ0) is 16.7. The number of hydrogen-bond donors (Lipinski definition) is 1. The summed E-state index contributed by atoms with van der Waals surface area (Å²) < 4.78 is 1.96. The van der Waals surface area contributed by atoms with E-state index in [1.807, 2.05) is 22.7 Å². The highest BCUT2D eigenvalue weighted by atomic mass is 16.2. The molecule has 1 aliphatic rings. The van der Waals surface area contributed by atoms with Gasteiger partial charge < -0.3 is 19.7 Å². The van der Waals surface area contributed by atoms with Gasteiger partial charge in [0.25, 0.3) is 0 Å². The van der Waals surface area contributed by atoms with Crippen molar-refractivity contribution in [1.82, 2.24) is 24.7 Å². The number of imidazole rings is 1. The quantitative estimate of drug-likeness (QED) is 0.836. The van der Waals surface area contributed by atoms with Crippen molar-refractivity contribution >= 4 is 6.03 Å². The van der Waals surface area contributed by atoms with Crippen molar-refractivity contribution in [1.29, 1.82) is 0 Å². The van der Waals surface area contributed by atoms with Gasteiger partial charge in [-0.25, -0.2) is 9.78 Å². The molecule has 130 valence electrons. The Kier molecular flexibility index (Phi) is 6.89. The Morgan fingerprint density at radius 2 is 2.17 bits per heavy atom. The number of nitrogens with zero attached hydrogens (tertiary/aromatic N) is 4. The summed E-state index contributed by atoms with van der Waals surface area (Å²) in [5.74, 6) is 1.76. The minimum atomic E-state index is 0.0141. The van der Waals surface area contributed by atoms with E-state index >= 15 is 0 Å². The summed E-state index contributed by atoms with van der Waals surface area (Å²) in [6.07, 6.45) is 7.18. The molecule has 0 unspecified atom stereocenters. The highest BCUT2D eigenvalue weighted by Gasteiger charge is 2.17. The van der Waals surface area contributed by atoms with Gasteiger partial charge >= 0.3 is 6.03 Å². The molecule has 1 aromatic heterocycles. The second kappa shape index (κ2) is 8.91. The van der Waals surface area contributed by atoms with Crippen LogP contribution in [0.4, 0.5) is 4.79 Å². The monoisotopic (exact) mass is 321 g/mol. The van der Waals surface area contributed by atoms with Gasteiger partial charge in [-0.1, -0.05) is 13.8 Å². The number of piperidine rings is 1. The Labute approximate surface area is 139 Å². The number of hydrogen-bond acceptors (Lipinski definition) is 3. The molecule has 1 fully saturated rings. The molecule has 0 radical (unpaired) electrons. The van der Waals surface area contributed by atoms with Crippen molar-refractivity contribution in [3.63, 3.8) is 0 Å². The van der Waals surface area contributed by atoms with Gasteiger partial charge in [0, 0.05) is 39.1 Å². The largest absolute Gasteiger partial charge is 0.337 e. The van der Waals surface area contributed by atoms with E-state index in [0.29, 0.717) is 13.1 Å². The number of carbonyl (C=O) groups is 1. The van der Waals surface area contributed by atoms with Gasteiger partial charge in [0.1, 0.15) is 5.82 Å². The van der Waals surface area contributed by atoms with Crippen molar-refractivity contribution in [3.8, 4) is 0 Å². The molecule has 6 heteroatoms. The molecular weight excluding hydrogens is 290 g/mol. The topological polar surface area (TPSA) is 53.4 Å². The summed E-state index contributed by atoms with van der Waals surface area (Å²) in [6.45, 7) is 9.69. The molecule has 2 amide bonds. The Balaban J connectivity index is 1.75. The second-order valence-electron chi connectivity index (χ2n) is 6.63. The molecule has 0 aliphatic carbocycles. The molecule has 1 aliphatic heterocycles. The van der Waals surface area contributed by atoms with E-state index in [0.717, 1.165) is 44.3 Å². The number of likely N-dealkylation sites (tertiary alicyclic amines) is 1. The number of nitrogens with one attached hydrogen (secondary N) is 1. The predicted octanol–water partition coefficient (Wildman–Crippen LogP) is 2.07. The summed E-state index contributed by atoms with van der Waals surface area (Å²) in [5, 5.41) is 3.07. The molecule has 1 saturated heterocycles. The molecule has 0 spiro atoms. The highest BCUT2D eigenvalue weighted by Crippen LogP contribution is 2.15. The van der Waals surface area contributed by atoms with Crippen LogP contribution in [-0.2, 0) is 13.6 Å². The number of aryl methyl sites for hydroxylation is 1. The zero-order valence-electron chi connectivity index (χ0n) is 14.8. The maximum Gasteiger partial charge on any atom is 0.317 e. The second-order valence-corrected chi connectivity index (χ2v) is 6.63. The maximum absolute atomic E-state index is 12.4. The third-order valence-electron chi connectivity index (χ3n) is 4.61. The number of rotatable bonds is 7. The van der Waals surface area contributed by atoms with E-state index in [1.165, 1.54) is 12.8 Å². The van der Waals surface area contributed by atoms with Gasteiger partial charge in [-0.15, -0.1) is 0 Å². The fourth-order valence-corrected chi connectivity index (χ4v) is 2.96. The molecular formula is C17H31N5O. The van der Waals surface area contributed by atoms with Crippen LogP contribution in [0.3, 0.4) is 0 Å². The molecule has 2 heterocycles. The average Bonchev–Trinajstić information content (AvgIpc) is 2.94. The lowest BCUT2D eigenvalue weighted by molar-refractivity contribution is 0.178. The average molecular weight is 321 g/mol. The third kappa shape index (κ3) is 5.53. The summed E-state index contributed by atoms with van der Waals surface area (Å²) in [6, 6.07) is 0.0141. The van der Waals surface area contributed by atoms with Crippen LogP contribution in [0.1, 0.15) is 38.9 Å². The van der Waals surface area contributed by atoms with Gasteiger partial charge in [-0.3, -0.25) is 0 Å². The van der Waals surface area contributed by atoms with E-state index in [4.69, 9.17) is 0 Å². The van der Waals surface area contributed by atoms with Crippen molar-refractivity contribution in [3.05, 3.63) is 18.2 Å². The van der Waals surface area contributed by atoms with Crippen LogP contribution < -0.4 is 5.32 Å². The first-order valence-electron chi connectivity index (χ1n) is 8.81. The first kappa shape index (κ1) is 17.8. The molecule has 0 saturated carbocycles. The van der Waals surface area contributed by atoms with E-state index < -0.39 is 0 Å². The van der Waals surface area contributed by atoms with Gasteiger partial charge in [0.05, 0.1) is 6.54 Å². The van der Waals surface area contributed by atoms with E-state index in [9.17, 15) is 4.79 Å². The number of urea groups is 1. The van der Waals surface area contributed by atoms with Crippen LogP contribution >= 0.6 is 0 Å². The van der Waals surface area contributed by atoms with Crippen LogP contribution in [0.15, 0.2) is 12.4 Å². The van der Waals surface area contributed by atoms with Gasteiger partial charge in [0.2, 0.25) is 0 Å². The van der Waals surface area contributed by atoms with Crippen molar-refractivity contribution in [2.24, 2.45) is 13.0 Å². The van der Waals surface area contributed by atoms with Crippen LogP contribution in [0.5, 0.6) is 0 Å². The predicted molar refractivity (Wildman–Crippen MR) is 92.1 cm³/mol. The Bertz CT molecular complexity index is 479. The van der Waals surface area contributed by atoms with Crippen molar-refractivity contribution in [2.45, 2.75) is 39.7 Å². The molecule has 0 bridgehead atoms. The fourth-order valence-electron chi connectivity index (χ4n) is 2.96. The molecule has 0 aromatic carbocycles. The zero-order valence-corrected chi connectivity index (χ0v) is 14.8. The normalized spacial score (nSPS) is 16.5. The van der Waals surface area contributed by atoms with E-state index in [1.54, 1.807) is 6.20 Å². The smallest absolute Gasteiger partial charge is 0.317 e. The molecule has 2 rings (SSSR count). The lowest BCUT2D eigenvalue weighted by Gasteiger charge is -2.30. The highest BCUT2D eigenvalue weighted by molar-refractivity contribution is 5.74. The summed E-state index contributed by atoms with van der Waals surface area (Å²) in [7, 11) is 1.96. The Hall–Kier alpha value is -1.56. The SMILES string of the molecule is CCCN(Cc1nccn1C)C(=O)NCCN1CCC(C)CC1. The molecule has 23 heavy (non-hydrogen) atoms. The first-order chi connectivity index (χ1) is 11.1. The van der Waals surface area contributed by atoms with Gasteiger partial charge in [-0.05, 0) is 38.3 Å². The van der Waals surface area contributed by atoms with Gasteiger partial charge in [-0.2, -0.15) is 0 Å². The number of aromatic nitrogens is 2. The van der Waals surface area contributed by atoms with E-state index in [-0.39, 0.29) is 6.03 Å². The van der Waals surface area contributed by atoms with Crippen LogP contribution in [0, 0.1) is 5.92 Å². The molecule has 0 atom stereocenters. The Morgan fingerprint density at radius 3 is 2.78 bits per heavy atom. The third-order valence-corrected chi connectivity index (χ3v) is 4.61. The Morgan fingerprint density at radius 1 is 1.43 bits per heavy atom. The van der Waals surface area contributed by atoms with Crippen LogP contribution in [-0.4, -0.2) is 58.1 Å². The molecule has 1 N–H and O–H groups in total. The maximum atomic E-state index is 12.4. The minimum absolute atomic E-state index is 0.0141. The van der Waals surface area contributed by atoms with Crippen molar-refractivity contribution in [2.75, 3.05) is 32.7 Å². The fraction of sp³-hybridized carbons (Fsp3) is 0.765. The standard InChI is InChI=1S/C17H31N5O/c1-4-9-22(14-16-18-7-12-20(16)3)17(23)19-8-13-21-10-5-15(2)6-11-21/h7,12,15H,4-6,8-11,13-14H2,1-3H3,(H,19,23). The molecule has 1 aromatic rings. The van der Waals surface area contributed by atoms with Crippen molar-refractivity contribution < 1.29 is 4.79 Å². The number of carbonyl (C=O) groups excluding carboxylic acids is 1. The minimum Gasteiger partial charge on any atom is -0.337 e. The van der Waals surface area contributed by atoms with Gasteiger partial charge in [0.15, 0.2) is 0 Å². The first-order valence-corrected chi connectivity index (χ1v) is 8.81. The van der Waals surface area contributed by atoms with Crippen LogP contribution in [0.2, 0.25) is 0 Å². The lowest BCUT2D eigenvalue weighted by atomic mass is 9.99. The molecule has 6 nitrogen and oxygen atoms in total. The number of amides is 2. The van der Waals surface area contributed by atoms with E-state index in [2.05, 4.69) is 29.0 Å². The summed E-state index contributed by atoms with van der Waals surface area (Å²) in [4.78, 5) is 21.0. The lowest BCUT2D eigenvalue weighted by Crippen LogP contribution is -2.44. The van der Waals surface area contributed by atoms with Crippen LogP contribution in [0.25, 0.3) is 0 Å². The summed E-state index contributed by atoms with van der Waals surface area (Å²) >= 11 is 0. The summed E-state index contributed by atoms with van der Waals surface area (Å²) in [5.41, 5.74) is 0.